The van der Waals surface area contributed by atoms with Crippen LogP contribution in [0.5, 0.6) is 0 Å². The number of hydrogen-bond donors (Lipinski definition) is 1. The smallest absolute Gasteiger partial charge is 0.288 e. The van der Waals surface area contributed by atoms with Crippen LogP contribution in [-0.2, 0) is 4.79 Å². The second kappa shape index (κ2) is 7.73. The molecule has 2 rings (SSSR count). The summed E-state index contributed by atoms with van der Waals surface area (Å²) in [5.74, 6) is -0.613. The molecule has 24 heavy (non-hydrogen) atoms. The summed E-state index contributed by atoms with van der Waals surface area (Å²) >= 11 is 9.01. The average molecular weight is 407 g/mol. The van der Waals surface area contributed by atoms with Gasteiger partial charge in [0.25, 0.3) is 11.6 Å². The molecule has 2 aromatic rings. The van der Waals surface area contributed by atoms with Gasteiger partial charge in [0.15, 0.2) is 0 Å². The van der Waals surface area contributed by atoms with Gasteiger partial charge in [0.05, 0.1) is 4.92 Å². The van der Waals surface area contributed by atoms with E-state index in [1.165, 1.54) is 24.3 Å². The molecule has 0 radical (unpaired) electrons. The SMILES string of the molecule is N#CC(=Cc1ccc(Cl)c([N+](=O)[O-])c1)C(=O)Nc1ccc(Br)cc1. The van der Waals surface area contributed by atoms with Gasteiger partial charge in [0.1, 0.15) is 16.7 Å². The van der Waals surface area contributed by atoms with Gasteiger partial charge in [-0.2, -0.15) is 5.26 Å². The lowest BCUT2D eigenvalue weighted by Gasteiger charge is -2.04. The molecule has 1 N–H and O–H groups in total. The molecule has 2 aromatic carbocycles. The Morgan fingerprint density at radius 2 is 1.96 bits per heavy atom. The molecular formula is C16H9BrClN3O3. The van der Waals surface area contributed by atoms with Crippen LogP contribution >= 0.6 is 27.5 Å². The topological polar surface area (TPSA) is 96.0 Å². The average Bonchev–Trinajstić information content (AvgIpc) is 2.55. The van der Waals surface area contributed by atoms with Crippen molar-refractivity contribution in [3.63, 3.8) is 0 Å². The Kier molecular flexibility index (Phi) is 5.68. The molecule has 0 aromatic heterocycles. The zero-order valence-electron chi connectivity index (χ0n) is 12.0. The van der Waals surface area contributed by atoms with Gasteiger partial charge in [0.2, 0.25) is 0 Å². The number of nitriles is 1. The monoisotopic (exact) mass is 405 g/mol. The third-order valence-electron chi connectivity index (χ3n) is 2.95. The summed E-state index contributed by atoms with van der Waals surface area (Å²) in [6.45, 7) is 0. The number of rotatable bonds is 4. The van der Waals surface area contributed by atoms with Crippen LogP contribution in [0.1, 0.15) is 5.56 Å². The number of halogens is 2. The van der Waals surface area contributed by atoms with E-state index in [4.69, 9.17) is 16.9 Å². The normalized spacial score (nSPS) is 10.8. The second-order valence-electron chi connectivity index (χ2n) is 4.60. The van der Waals surface area contributed by atoms with Gasteiger partial charge in [0, 0.05) is 16.2 Å². The quantitative estimate of drug-likeness (QED) is 0.348. The van der Waals surface area contributed by atoms with Gasteiger partial charge < -0.3 is 5.32 Å². The molecule has 0 aliphatic heterocycles. The van der Waals surface area contributed by atoms with Gasteiger partial charge in [-0.05, 0) is 42.0 Å². The van der Waals surface area contributed by atoms with E-state index in [0.717, 1.165) is 4.47 Å². The summed E-state index contributed by atoms with van der Waals surface area (Å²) in [6.07, 6.45) is 1.26. The van der Waals surface area contributed by atoms with Crippen molar-refractivity contribution in [2.45, 2.75) is 0 Å². The lowest BCUT2D eigenvalue weighted by molar-refractivity contribution is -0.384. The number of anilines is 1. The number of carbonyl (C=O) groups excluding carboxylic acids is 1. The molecular weight excluding hydrogens is 398 g/mol. The molecule has 0 fully saturated rings. The summed E-state index contributed by atoms with van der Waals surface area (Å²) in [7, 11) is 0. The van der Waals surface area contributed by atoms with Crippen LogP contribution in [0.4, 0.5) is 11.4 Å². The van der Waals surface area contributed by atoms with E-state index in [-0.39, 0.29) is 16.3 Å². The highest BCUT2D eigenvalue weighted by Crippen LogP contribution is 2.26. The highest BCUT2D eigenvalue weighted by molar-refractivity contribution is 9.10. The van der Waals surface area contributed by atoms with Crippen LogP contribution < -0.4 is 5.32 Å². The molecule has 8 heteroatoms. The molecule has 0 aliphatic rings. The Hall–Kier alpha value is -2.69. The van der Waals surface area contributed by atoms with Gasteiger partial charge in [-0.3, -0.25) is 14.9 Å². The van der Waals surface area contributed by atoms with Crippen molar-refractivity contribution in [1.82, 2.24) is 0 Å². The summed E-state index contributed by atoms with van der Waals surface area (Å²) in [5, 5.41) is 22.6. The fourth-order valence-corrected chi connectivity index (χ4v) is 2.26. The Morgan fingerprint density at radius 1 is 1.29 bits per heavy atom. The summed E-state index contributed by atoms with van der Waals surface area (Å²) in [4.78, 5) is 22.4. The first-order valence-corrected chi connectivity index (χ1v) is 7.70. The lowest BCUT2D eigenvalue weighted by Crippen LogP contribution is -2.13. The molecule has 0 saturated heterocycles. The summed E-state index contributed by atoms with van der Waals surface area (Å²) in [6, 6.07) is 12.6. The number of nitrogens with one attached hydrogen (secondary N) is 1. The molecule has 0 heterocycles. The van der Waals surface area contributed by atoms with E-state index in [0.29, 0.717) is 11.3 Å². The molecule has 0 atom stereocenters. The zero-order valence-corrected chi connectivity index (χ0v) is 14.3. The van der Waals surface area contributed by atoms with Gasteiger partial charge >= 0.3 is 0 Å². The van der Waals surface area contributed by atoms with Crippen LogP contribution in [-0.4, -0.2) is 10.8 Å². The number of nitro groups is 1. The van der Waals surface area contributed by atoms with Crippen LogP contribution in [0, 0.1) is 21.4 Å². The largest absolute Gasteiger partial charge is 0.321 e. The maximum absolute atomic E-state index is 12.1. The number of nitro benzene ring substituents is 1. The van der Waals surface area contributed by atoms with Gasteiger partial charge in [-0.1, -0.05) is 33.6 Å². The van der Waals surface area contributed by atoms with Crippen molar-refractivity contribution in [1.29, 1.82) is 5.26 Å². The van der Waals surface area contributed by atoms with Gasteiger partial charge in [-0.15, -0.1) is 0 Å². The lowest BCUT2D eigenvalue weighted by atomic mass is 10.1. The number of carbonyl (C=O) groups is 1. The van der Waals surface area contributed by atoms with E-state index in [9.17, 15) is 14.9 Å². The maximum atomic E-state index is 12.1. The molecule has 0 saturated carbocycles. The molecule has 6 nitrogen and oxygen atoms in total. The Labute approximate surface area is 150 Å². The number of hydrogen-bond acceptors (Lipinski definition) is 4. The van der Waals surface area contributed by atoms with E-state index >= 15 is 0 Å². The van der Waals surface area contributed by atoms with Crippen molar-refractivity contribution < 1.29 is 9.72 Å². The minimum atomic E-state index is -0.631. The Morgan fingerprint density at radius 3 is 2.54 bits per heavy atom. The zero-order chi connectivity index (χ0) is 17.7. The van der Waals surface area contributed by atoms with Crippen LogP contribution in [0.15, 0.2) is 52.5 Å². The van der Waals surface area contributed by atoms with Crippen LogP contribution in [0.2, 0.25) is 5.02 Å². The Balaban J connectivity index is 2.27. The van der Waals surface area contributed by atoms with Crippen LogP contribution in [0.25, 0.3) is 6.08 Å². The van der Waals surface area contributed by atoms with Crippen molar-refractivity contribution in [3.8, 4) is 6.07 Å². The molecule has 0 aliphatic carbocycles. The van der Waals surface area contributed by atoms with E-state index in [1.807, 2.05) is 0 Å². The predicted molar refractivity (Wildman–Crippen MR) is 94.5 cm³/mol. The molecule has 0 spiro atoms. The first-order valence-electron chi connectivity index (χ1n) is 6.53. The van der Waals surface area contributed by atoms with E-state index in [1.54, 1.807) is 30.3 Å². The highest BCUT2D eigenvalue weighted by Gasteiger charge is 2.14. The van der Waals surface area contributed by atoms with Crippen molar-refractivity contribution >= 4 is 50.9 Å². The maximum Gasteiger partial charge on any atom is 0.288 e. The van der Waals surface area contributed by atoms with Crippen molar-refractivity contribution in [2.75, 3.05) is 5.32 Å². The highest BCUT2D eigenvalue weighted by atomic mass is 79.9. The van der Waals surface area contributed by atoms with Crippen molar-refractivity contribution in [2.24, 2.45) is 0 Å². The fraction of sp³-hybridized carbons (Fsp3) is 0. The van der Waals surface area contributed by atoms with Crippen LogP contribution in [0.3, 0.4) is 0 Å². The van der Waals surface area contributed by atoms with E-state index < -0.39 is 10.8 Å². The standard InChI is InChI=1S/C16H9BrClN3O3/c17-12-2-4-13(5-3-12)20-16(22)11(9-19)7-10-1-6-14(18)15(8-10)21(23)24/h1-8H,(H,20,22). The number of benzene rings is 2. The van der Waals surface area contributed by atoms with Gasteiger partial charge in [-0.25, -0.2) is 0 Å². The molecule has 120 valence electrons. The molecule has 0 bridgehead atoms. The number of nitrogens with zero attached hydrogens (tertiary/aromatic N) is 2. The molecule has 1 amide bonds. The first kappa shape index (κ1) is 17.7. The minimum absolute atomic E-state index is 0.0185. The van der Waals surface area contributed by atoms with E-state index in [2.05, 4.69) is 21.2 Å². The Bertz CT molecular complexity index is 873. The molecule has 0 unspecified atom stereocenters. The predicted octanol–water partition coefficient (Wildman–Crippen LogP) is 4.56. The number of amides is 1. The third kappa shape index (κ3) is 4.41. The second-order valence-corrected chi connectivity index (χ2v) is 5.92. The first-order chi connectivity index (χ1) is 11.4. The van der Waals surface area contributed by atoms with Crippen molar-refractivity contribution in [3.05, 3.63) is 73.2 Å². The third-order valence-corrected chi connectivity index (χ3v) is 3.79. The fourth-order valence-electron chi connectivity index (χ4n) is 1.81. The summed E-state index contributed by atoms with van der Waals surface area (Å²) in [5.41, 5.74) is 0.366. The minimum Gasteiger partial charge on any atom is -0.321 e. The summed E-state index contributed by atoms with van der Waals surface area (Å²) < 4.78 is 0.852.